The first kappa shape index (κ1) is 14.4. The zero-order valence-corrected chi connectivity index (χ0v) is 13.7. The molecule has 0 amide bonds. The Hall–Kier alpha value is -1.50. The number of hydrogen-bond donors (Lipinski definition) is 1. The van der Waals surface area contributed by atoms with Gasteiger partial charge in [-0.05, 0) is 64.0 Å². The van der Waals surface area contributed by atoms with Crippen LogP contribution in [0.5, 0.6) is 0 Å². The van der Waals surface area contributed by atoms with E-state index in [1.54, 1.807) is 0 Å². The average Bonchev–Trinajstić information content (AvgIpc) is 3.33. The predicted molar refractivity (Wildman–Crippen MR) is 89.5 cm³/mol. The minimum Gasteiger partial charge on any atom is -0.366 e. The molecule has 1 saturated carbocycles. The Morgan fingerprint density at radius 1 is 1.24 bits per heavy atom. The van der Waals surface area contributed by atoms with Crippen molar-refractivity contribution >= 4 is 33.2 Å². The van der Waals surface area contributed by atoms with Gasteiger partial charge in [-0.3, -0.25) is 0 Å². The Kier molecular flexibility index (Phi) is 4.19. The average molecular weight is 362 g/mol. The first-order valence-electron chi connectivity index (χ1n) is 6.89. The highest BCUT2D eigenvalue weighted by atomic mass is 79.9. The molecule has 1 fully saturated rings. The molecule has 0 aliphatic heterocycles. The van der Waals surface area contributed by atoms with Crippen molar-refractivity contribution in [3.05, 3.63) is 63.1 Å². The number of halogens is 2. The summed E-state index contributed by atoms with van der Waals surface area (Å²) in [6.45, 7) is 0. The minimum absolute atomic E-state index is 0.352. The molecule has 0 saturated heterocycles. The van der Waals surface area contributed by atoms with Gasteiger partial charge in [0, 0.05) is 10.2 Å². The topological polar surface area (TPSA) is 35.8 Å². The minimum atomic E-state index is -0.352. The summed E-state index contributed by atoms with van der Waals surface area (Å²) in [5, 5.41) is 13.5. The van der Waals surface area contributed by atoms with Gasteiger partial charge in [0.25, 0.3) is 0 Å². The van der Waals surface area contributed by atoms with E-state index in [1.807, 2.05) is 36.4 Å². The van der Waals surface area contributed by atoms with Gasteiger partial charge in [-0.1, -0.05) is 35.9 Å². The van der Waals surface area contributed by atoms with Crippen LogP contribution in [0, 0.1) is 11.3 Å². The van der Waals surface area contributed by atoms with Gasteiger partial charge in [-0.15, -0.1) is 0 Å². The van der Waals surface area contributed by atoms with E-state index in [0.717, 1.165) is 15.7 Å². The van der Waals surface area contributed by atoms with E-state index in [0.29, 0.717) is 10.9 Å². The van der Waals surface area contributed by atoms with Gasteiger partial charge in [0.15, 0.2) is 0 Å². The summed E-state index contributed by atoms with van der Waals surface area (Å²) in [6, 6.07) is 15.8. The maximum atomic E-state index is 9.54. The molecule has 1 atom stereocenters. The van der Waals surface area contributed by atoms with E-state index in [1.165, 1.54) is 18.4 Å². The van der Waals surface area contributed by atoms with E-state index in [4.69, 9.17) is 11.6 Å². The lowest BCUT2D eigenvalue weighted by atomic mass is 9.97. The summed E-state index contributed by atoms with van der Waals surface area (Å²) in [5.41, 5.74) is 3.25. The van der Waals surface area contributed by atoms with Crippen molar-refractivity contribution in [1.82, 2.24) is 0 Å². The molecular weight excluding hydrogens is 348 g/mol. The van der Waals surface area contributed by atoms with E-state index < -0.39 is 0 Å². The number of nitrogens with one attached hydrogen (secondary N) is 1. The van der Waals surface area contributed by atoms with Crippen molar-refractivity contribution < 1.29 is 0 Å². The van der Waals surface area contributed by atoms with Crippen LogP contribution in [0.3, 0.4) is 0 Å². The van der Waals surface area contributed by atoms with Crippen molar-refractivity contribution in [2.45, 2.75) is 24.8 Å². The highest BCUT2D eigenvalue weighted by molar-refractivity contribution is 9.10. The van der Waals surface area contributed by atoms with Gasteiger partial charge in [0.2, 0.25) is 0 Å². The monoisotopic (exact) mass is 360 g/mol. The van der Waals surface area contributed by atoms with Crippen molar-refractivity contribution in [3.8, 4) is 6.07 Å². The number of nitrogens with zero attached hydrogens (tertiary/aromatic N) is 1. The van der Waals surface area contributed by atoms with E-state index in [-0.39, 0.29) is 6.04 Å². The Labute approximate surface area is 137 Å². The zero-order valence-electron chi connectivity index (χ0n) is 11.3. The second kappa shape index (κ2) is 6.09. The van der Waals surface area contributed by atoms with Gasteiger partial charge < -0.3 is 5.32 Å². The number of benzene rings is 2. The molecule has 4 heteroatoms. The molecule has 2 nitrogen and oxygen atoms in total. The van der Waals surface area contributed by atoms with Crippen LogP contribution in [-0.4, -0.2) is 0 Å². The largest absolute Gasteiger partial charge is 0.366 e. The second-order valence-corrected chi connectivity index (χ2v) is 6.50. The molecule has 0 aromatic heterocycles. The SMILES string of the molecule is N#CC(Nc1ccc(Cl)c(Br)c1)c1ccccc1C1CC1. The van der Waals surface area contributed by atoms with Crippen molar-refractivity contribution in [2.24, 2.45) is 0 Å². The number of nitriles is 1. The molecule has 3 rings (SSSR count). The standard InChI is InChI=1S/C17H14BrClN2/c18-15-9-12(7-8-16(15)19)21-17(10-20)14-4-2-1-3-13(14)11-5-6-11/h1-4,7-9,11,17,21H,5-6H2. The van der Waals surface area contributed by atoms with Crippen LogP contribution in [0.15, 0.2) is 46.9 Å². The first-order valence-corrected chi connectivity index (χ1v) is 8.06. The van der Waals surface area contributed by atoms with Crippen LogP contribution in [0.25, 0.3) is 0 Å². The van der Waals surface area contributed by atoms with Gasteiger partial charge in [-0.25, -0.2) is 0 Å². The van der Waals surface area contributed by atoms with E-state index >= 15 is 0 Å². The fourth-order valence-corrected chi connectivity index (χ4v) is 2.97. The van der Waals surface area contributed by atoms with Gasteiger partial charge in [-0.2, -0.15) is 5.26 Å². The van der Waals surface area contributed by atoms with Crippen LogP contribution >= 0.6 is 27.5 Å². The fourth-order valence-electron chi connectivity index (χ4n) is 2.47. The lowest BCUT2D eigenvalue weighted by molar-refractivity contribution is 0.949. The summed E-state index contributed by atoms with van der Waals surface area (Å²) in [4.78, 5) is 0. The van der Waals surface area contributed by atoms with Crippen LogP contribution in [0.4, 0.5) is 5.69 Å². The third-order valence-corrected chi connectivity index (χ3v) is 4.90. The lowest BCUT2D eigenvalue weighted by Crippen LogP contribution is -2.10. The summed E-state index contributed by atoms with van der Waals surface area (Å²) < 4.78 is 0.821. The number of anilines is 1. The van der Waals surface area contributed by atoms with E-state index in [2.05, 4.69) is 33.4 Å². The maximum absolute atomic E-state index is 9.54. The Balaban J connectivity index is 1.89. The van der Waals surface area contributed by atoms with E-state index in [9.17, 15) is 5.26 Å². The highest BCUT2D eigenvalue weighted by Crippen LogP contribution is 2.43. The quantitative estimate of drug-likeness (QED) is 0.763. The highest BCUT2D eigenvalue weighted by Gasteiger charge is 2.28. The molecule has 106 valence electrons. The normalized spacial score (nSPS) is 15.3. The molecule has 0 radical (unpaired) electrons. The Morgan fingerprint density at radius 3 is 2.67 bits per heavy atom. The van der Waals surface area contributed by atoms with Crippen LogP contribution < -0.4 is 5.32 Å². The van der Waals surface area contributed by atoms with Crippen molar-refractivity contribution in [2.75, 3.05) is 5.32 Å². The molecule has 1 unspecified atom stereocenters. The molecule has 2 aromatic rings. The molecule has 2 aromatic carbocycles. The Morgan fingerprint density at radius 2 is 2.00 bits per heavy atom. The predicted octanol–water partition coefficient (Wildman–Crippen LogP) is 5.66. The van der Waals surface area contributed by atoms with Gasteiger partial charge in [0.1, 0.15) is 6.04 Å². The molecule has 1 aliphatic carbocycles. The molecule has 0 spiro atoms. The van der Waals surface area contributed by atoms with Crippen LogP contribution in [-0.2, 0) is 0 Å². The first-order chi connectivity index (χ1) is 10.2. The molecule has 21 heavy (non-hydrogen) atoms. The Bertz CT molecular complexity index is 704. The summed E-state index contributed by atoms with van der Waals surface area (Å²) in [6.07, 6.45) is 2.45. The lowest BCUT2D eigenvalue weighted by Gasteiger charge is -2.17. The van der Waals surface area contributed by atoms with Crippen LogP contribution in [0.2, 0.25) is 5.02 Å². The number of rotatable bonds is 4. The number of hydrogen-bond acceptors (Lipinski definition) is 2. The summed E-state index contributed by atoms with van der Waals surface area (Å²) in [5.74, 6) is 0.621. The van der Waals surface area contributed by atoms with Crippen molar-refractivity contribution in [3.63, 3.8) is 0 Å². The fraction of sp³-hybridized carbons (Fsp3) is 0.235. The zero-order chi connectivity index (χ0) is 14.8. The maximum Gasteiger partial charge on any atom is 0.140 e. The van der Waals surface area contributed by atoms with Crippen LogP contribution in [0.1, 0.15) is 35.9 Å². The van der Waals surface area contributed by atoms with Crippen molar-refractivity contribution in [1.29, 1.82) is 5.26 Å². The molecule has 1 N–H and O–H groups in total. The smallest absolute Gasteiger partial charge is 0.140 e. The summed E-state index contributed by atoms with van der Waals surface area (Å²) >= 11 is 9.41. The van der Waals surface area contributed by atoms with Gasteiger partial charge in [0.05, 0.1) is 11.1 Å². The molecule has 1 aliphatic rings. The third kappa shape index (κ3) is 3.23. The molecular formula is C17H14BrClN2. The van der Waals surface area contributed by atoms with Gasteiger partial charge >= 0.3 is 0 Å². The third-order valence-electron chi connectivity index (χ3n) is 3.68. The summed E-state index contributed by atoms with van der Waals surface area (Å²) in [7, 11) is 0. The molecule has 0 heterocycles. The second-order valence-electron chi connectivity index (χ2n) is 5.24. The molecule has 0 bridgehead atoms.